The molecule has 3 aromatic rings. The summed E-state index contributed by atoms with van der Waals surface area (Å²) < 4.78 is 0.867. The number of amidine groups is 1. The number of aromatic nitrogens is 3. The molecule has 4 rings (SSSR count). The normalized spacial score (nSPS) is 15.5. The number of hydrogen-bond acceptors (Lipinski definition) is 5. The van der Waals surface area contributed by atoms with E-state index in [-0.39, 0.29) is 5.41 Å². The molecular formula is C23H28BrN7. The van der Waals surface area contributed by atoms with Crippen LogP contribution in [0.15, 0.2) is 45.2 Å². The Bertz CT molecular complexity index is 1120. The van der Waals surface area contributed by atoms with E-state index in [4.69, 9.17) is 4.99 Å². The van der Waals surface area contributed by atoms with Crippen molar-refractivity contribution in [1.82, 2.24) is 25.2 Å². The van der Waals surface area contributed by atoms with Gasteiger partial charge in [0, 0.05) is 59.5 Å². The lowest BCUT2D eigenvalue weighted by molar-refractivity contribution is 0.357. The third kappa shape index (κ3) is 4.55. The van der Waals surface area contributed by atoms with Gasteiger partial charge in [-0.3, -0.25) is 15.0 Å². The number of halogens is 1. The molecule has 0 unspecified atom stereocenters. The predicted molar refractivity (Wildman–Crippen MR) is 131 cm³/mol. The minimum absolute atomic E-state index is 0.0274. The van der Waals surface area contributed by atoms with Gasteiger partial charge in [0.15, 0.2) is 0 Å². The molecule has 3 aromatic heterocycles. The first-order valence-electron chi connectivity index (χ1n) is 10.5. The Morgan fingerprint density at radius 2 is 2.03 bits per heavy atom. The van der Waals surface area contributed by atoms with E-state index in [0.717, 1.165) is 64.3 Å². The number of pyridine rings is 2. The smallest absolute Gasteiger partial charge is 0.137 e. The fourth-order valence-electron chi connectivity index (χ4n) is 3.76. The molecule has 0 bridgehead atoms. The largest absolute Gasteiger partial charge is 0.354 e. The fourth-order valence-corrected chi connectivity index (χ4v) is 4.26. The van der Waals surface area contributed by atoms with Gasteiger partial charge in [0.1, 0.15) is 11.5 Å². The summed E-state index contributed by atoms with van der Waals surface area (Å²) in [7, 11) is 0. The van der Waals surface area contributed by atoms with Crippen LogP contribution < -0.4 is 5.32 Å². The van der Waals surface area contributed by atoms with Crippen LogP contribution in [0.5, 0.6) is 0 Å². The molecule has 1 fully saturated rings. The van der Waals surface area contributed by atoms with Crippen LogP contribution in [-0.2, 0) is 12.0 Å². The summed E-state index contributed by atoms with van der Waals surface area (Å²) in [5.41, 5.74) is 4.90. The summed E-state index contributed by atoms with van der Waals surface area (Å²) in [6.45, 7) is 14.5. The zero-order chi connectivity index (χ0) is 22.0. The van der Waals surface area contributed by atoms with Gasteiger partial charge in [0.2, 0.25) is 0 Å². The molecule has 31 heavy (non-hydrogen) atoms. The third-order valence-electron chi connectivity index (χ3n) is 5.52. The molecule has 1 aliphatic rings. The highest BCUT2D eigenvalue weighted by atomic mass is 79.9. The number of nitrogens with zero attached hydrogens (tertiary/aromatic N) is 5. The maximum absolute atomic E-state index is 5.11. The lowest BCUT2D eigenvalue weighted by atomic mass is 9.92. The molecule has 162 valence electrons. The van der Waals surface area contributed by atoms with E-state index in [9.17, 15) is 0 Å². The second-order valence-electron chi connectivity index (χ2n) is 8.72. The lowest BCUT2D eigenvalue weighted by Crippen LogP contribution is -2.47. The van der Waals surface area contributed by atoms with Crippen LogP contribution in [0, 0.1) is 0 Å². The van der Waals surface area contributed by atoms with E-state index in [2.05, 4.69) is 85.7 Å². The van der Waals surface area contributed by atoms with Gasteiger partial charge in [-0.25, -0.2) is 4.98 Å². The molecule has 0 saturated carbocycles. The topological polar surface area (TPSA) is 81.6 Å². The first kappa shape index (κ1) is 21.6. The predicted octanol–water partition coefficient (Wildman–Crippen LogP) is 4.20. The van der Waals surface area contributed by atoms with E-state index in [1.165, 1.54) is 5.69 Å². The van der Waals surface area contributed by atoms with Crippen LogP contribution in [-0.4, -0.2) is 58.6 Å². The zero-order valence-electron chi connectivity index (χ0n) is 18.2. The number of hydrogen-bond donors (Lipinski definition) is 2. The summed E-state index contributed by atoms with van der Waals surface area (Å²) in [4.78, 5) is 23.9. The Morgan fingerprint density at radius 1 is 1.26 bits per heavy atom. The summed E-state index contributed by atoms with van der Waals surface area (Å²) in [6.07, 6.45) is 5.37. The van der Waals surface area contributed by atoms with E-state index in [1.807, 2.05) is 6.20 Å². The quantitative estimate of drug-likeness (QED) is 0.432. The maximum atomic E-state index is 5.11. The molecule has 0 radical (unpaired) electrons. The summed E-state index contributed by atoms with van der Waals surface area (Å²) >= 11 is 3.66. The van der Waals surface area contributed by atoms with Crippen molar-refractivity contribution >= 4 is 45.2 Å². The van der Waals surface area contributed by atoms with Crippen molar-refractivity contribution in [3.8, 4) is 0 Å². The number of rotatable bonds is 4. The molecule has 2 N–H and O–H groups in total. The fraction of sp³-hybridized carbons (Fsp3) is 0.391. The Balaban J connectivity index is 1.78. The molecule has 0 aliphatic carbocycles. The van der Waals surface area contributed by atoms with Crippen molar-refractivity contribution < 1.29 is 0 Å². The van der Waals surface area contributed by atoms with Crippen LogP contribution in [0.25, 0.3) is 11.0 Å². The number of aromatic amines is 1. The van der Waals surface area contributed by atoms with Crippen LogP contribution in [0.1, 0.15) is 37.6 Å². The summed E-state index contributed by atoms with van der Waals surface area (Å²) in [5, 5.41) is 4.53. The number of nitrogens with one attached hydrogen (secondary N) is 2. The van der Waals surface area contributed by atoms with Crippen LogP contribution >= 0.6 is 15.9 Å². The molecule has 0 aromatic carbocycles. The number of H-pyrrole nitrogens is 1. The Hall–Kier alpha value is -2.58. The van der Waals surface area contributed by atoms with Gasteiger partial charge in [-0.2, -0.15) is 0 Å². The highest BCUT2D eigenvalue weighted by molar-refractivity contribution is 9.10. The van der Waals surface area contributed by atoms with E-state index < -0.39 is 0 Å². The van der Waals surface area contributed by atoms with E-state index in [0.29, 0.717) is 6.54 Å². The third-order valence-corrected chi connectivity index (χ3v) is 6.12. The minimum atomic E-state index is 0.0274. The first-order chi connectivity index (χ1) is 14.9. The van der Waals surface area contributed by atoms with Crippen molar-refractivity contribution in [3.63, 3.8) is 0 Å². The van der Waals surface area contributed by atoms with Crippen molar-refractivity contribution in [3.05, 3.63) is 52.0 Å². The molecule has 7 nitrogen and oxygen atoms in total. The second kappa shape index (κ2) is 8.88. The van der Waals surface area contributed by atoms with Gasteiger partial charge in [0.25, 0.3) is 0 Å². The summed E-state index contributed by atoms with van der Waals surface area (Å²) in [5.74, 6) is 0.912. The molecule has 0 spiro atoms. The van der Waals surface area contributed by atoms with Crippen LogP contribution in [0.3, 0.4) is 0 Å². The highest BCUT2D eigenvalue weighted by Crippen LogP contribution is 2.30. The molecule has 1 aliphatic heterocycles. The SMILES string of the molecule is C=Nc1cncc(Br)c1/C(=N\Cc1ccnc2[nH]c(C(C)(C)C)cc12)N1CCNCC1. The van der Waals surface area contributed by atoms with E-state index >= 15 is 0 Å². The van der Waals surface area contributed by atoms with Crippen molar-refractivity contribution in [2.45, 2.75) is 32.7 Å². The van der Waals surface area contributed by atoms with Gasteiger partial charge >= 0.3 is 0 Å². The van der Waals surface area contributed by atoms with Crippen LogP contribution in [0.4, 0.5) is 5.69 Å². The molecule has 0 atom stereocenters. The van der Waals surface area contributed by atoms with Gasteiger partial charge < -0.3 is 15.2 Å². The van der Waals surface area contributed by atoms with Gasteiger partial charge in [-0.1, -0.05) is 20.8 Å². The average Bonchev–Trinajstić information content (AvgIpc) is 3.21. The maximum Gasteiger partial charge on any atom is 0.137 e. The molecule has 4 heterocycles. The van der Waals surface area contributed by atoms with Gasteiger partial charge in [-0.15, -0.1) is 0 Å². The van der Waals surface area contributed by atoms with Crippen molar-refractivity contribution in [2.75, 3.05) is 26.2 Å². The molecule has 1 saturated heterocycles. The lowest BCUT2D eigenvalue weighted by Gasteiger charge is -2.31. The van der Waals surface area contributed by atoms with Gasteiger partial charge in [0.05, 0.1) is 24.0 Å². The van der Waals surface area contributed by atoms with Crippen molar-refractivity contribution in [1.29, 1.82) is 0 Å². The number of piperazine rings is 1. The summed E-state index contributed by atoms with van der Waals surface area (Å²) in [6, 6.07) is 4.26. The average molecular weight is 482 g/mol. The Morgan fingerprint density at radius 3 is 2.74 bits per heavy atom. The monoisotopic (exact) mass is 481 g/mol. The van der Waals surface area contributed by atoms with E-state index in [1.54, 1.807) is 12.4 Å². The Kier molecular flexibility index (Phi) is 6.20. The highest BCUT2D eigenvalue weighted by Gasteiger charge is 2.22. The minimum Gasteiger partial charge on any atom is -0.354 e. The van der Waals surface area contributed by atoms with Crippen molar-refractivity contribution in [2.24, 2.45) is 9.98 Å². The molecule has 0 amide bonds. The molecule has 8 heteroatoms. The zero-order valence-corrected chi connectivity index (χ0v) is 19.8. The van der Waals surface area contributed by atoms with Crippen LogP contribution in [0.2, 0.25) is 0 Å². The van der Waals surface area contributed by atoms with Gasteiger partial charge in [-0.05, 0) is 40.3 Å². The second-order valence-corrected chi connectivity index (χ2v) is 9.57. The first-order valence-corrected chi connectivity index (χ1v) is 11.3. The standard InChI is InChI=1S/C23H28BrN7/c1-23(2,3)19-11-16-15(5-6-28-21(16)30-19)12-29-22(31-9-7-26-8-10-31)20-17(24)13-27-14-18(20)25-4/h5-6,11,13-14,26H,4,7-10,12H2,1-3H3,(H,28,30)/b29-22+. The number of fused-ring (bicyclic) bond motifs is 1. The molecular weight excluding hydrogens is 454 g/mol. The number of aliphatic imine (C=N–C) groups is 2. The Labute approximate surface area is 191 Å².